The maximum atomic E-state index is 13.3. The first kappa shape index (κ1) is 23.4. The molecule has 5 rings (SSSR count). The van der Waals surface area contributed by atoms with Gasteiger partial charge in [-0.25, -0.2) is 23.7 Å². The van der Waals surface area contributed by atoms with E-state index in [-0.39, 0.29) is 23.8 Å². The van der Waals surface area contributed by atoms with Crippen LogP contribution < -0.4 is 4.90 Å². The van der Waals surface area contributed by atoms with Crippen LogP contribution >= 0.6 is 0 Å². The van der Waals surface area contributed by atoms with Crippen molar-refractivity contribution in [1.82, 2.24) is 24.3 Å². The molecule has 0 radical (unpaired) electrons. The molecule has 2 atom stereocenters. The lowest BCUT2D eigenvalue weighted by molar-refractivity contribution is -0.164. The summed E-state index contributed by atoms with van der Waals surface area (Å²) >= 11 is 0. The Bertz CT molecular complexity index is 1250. The Balaban J connectivity index is 1.38. The van der Waals surface area contributed by atoms with Crippen molar-refractivity contribution < 1.29 is 26.7 Å². The Morgan fingerprint density at radius 1 is 1.06 bits per heavy atom. The number of amides is 1. The van der Waals surface area contributed by atoms with Crippen molar-refractivity contribution >= 4 is 17.4 Å². The second-order valence-corrected chi connectivity index (χ2v) is 9.34. The zero-order valence-electron chi connectivity index (χ0n) is 19.0. The number of piperazine rings is 1. The summed E-state index contributed by atoms with van der Waals surface area (Å²) in [6.07, 6.45) is -1.41. The molecule has 2 fully saturated rings. The minimum atomic E-state index is -4.50. The number of fused-ring (bicyclic) bond motifs is 1. The zero-order valence-corrected chi connectivity index (χ0v) is 19.0. The number of hydrogen-bond acceptors (Lipinski definition) is 5. The number of hydrogen-bond donors (Lipinski definition) is 0. The van der Waals surface area contributed by atoms with Crippen LogP contribution in [0.2, 0.25) is 0 Å². The highest BCUT2D eigenvalue weighted by Crippen LogP contribution is 2.44. The van der Waals surface area contributed by atoms with Gasteiger partial charge in [0.25, 0.3) is 0 Å². The quantitative estimate of drug-likeness (QED) is 0.509. The van der Waals surface area contributed by atoms with Gasteiger partial charge in [-0.05, 0) is 32.0 Å². The van der Waals surface area contributed by atoms with Crippen molar-refractivity contribution in [2.75, 3.05) is 18.0 Å². The van der Waals surface area contributed by atoms with E-state index in [4.69, 9.17) is 0 Å². The molecule has 0 N–H and O–H groups in total. The van der Waals surface area contributed by atoms with E-state index in [1.807, 2.05) is 18.7 Å². The van der Waals surface area contributed by atoms with Crippen molar-refractivity contribution in [3.05, 3.63) is 42.4 Å². The van der Waals surface area contributed by atoms with Crippen LogP contribution in [0.15, 0.2) is 36.8 Å². The van der Waals surface area contributed by atoms with Crippen LogP contribution in [0.25, 0.3) is 17.2 Å². The van der Waals surface area contributed by atoms with E-state index in [0.717, 1.165) is 12.3 Å². The summed E-state index contributed by atoms with van der Waals surface area (Å²) in [5.41, 5.74) is -0.167. The van der Waals surface area contributed by atoms with Gasteiger partial charge >= 0.3 is 6.18 Å². The average Bonchev–Trinajstić information content (AvgIpc) is 3.19. The maximum Gasteiger partial charge on any atom is 0.417 e. The van der Waals surface area contributed by atoms with Crippen LogP contribution in [0.1, 0.15) is 32.3 Å². The van der Waals surface area contributed by atoms with E-state index >= 15 is 0 Å². The Morgan fingerprint density at radius 2 is 1.74 bits per heavy atom. The summed E-state index contributed by atoms with van der Waals surface area (Å²) < 4.78 is 67.5. The third kappa shape index (κ3) is 4.30. The first-order valence-electron chi connectivity index (χ1n) is 11.3. The third-order valence-corrected chi connectivity index (χ3v) is 6.64. The number of rotatable bonds is 3. The summed E-state index contributed by atoms with van der Waals surface area (Å²) in [5, 5.41) is 0. The van der Waals surface area contributed by atoms with Crippen LogP contribution in [-0.4, -0.2) is 61.3 Å². The fourth-order valence-electron chi connectivity index (χ4n) is 4.95. The SMILES string of the molecule is C[C@@H]1CN(c2ccnc(-c3cnc4ccc(C(F)(F)F)cn34)n2)C[C@H](C)N1C(=O)C1CC(F)(F)C1. The normalized spacial score (nSPS) is 22.9. The monoisotopic (exact) mass is 494 g/mol. The van der Waals surface area contributed by atoms with Gasteiger partial charge in [0, 0.05) is 56.3 Å². The van der Waals surface area contributed by atoms with Crippen LogP contribution in [0.3, 0.4) is 0 Å². The summed E-state index contributed by atoms with van der Waals surface area (Å²) in [5.74, 6) is -2.89. The number of aromatic nitrogens is 4. The number of anilines is 1. The number of halogens is 5. The van der Waals surface area contributed by atoms with E-state index in [0.29, 0.717) is 30.2 Å². The second-order valence-electron chi connectivity index (χ2n) is 9.34. The molecule has 186 valence electrons. The molecule has 2 aliphatic rings. The fourth-order valence-corrected chi connectivity index (χ4v) is 4.95. The summed E-state index contributed by atoms with van der Waals surface area (Å²) in [6, 6.07) is 3.48. The highest BCUT2D eigenvalue weighted by atomic mass is 19.4. The molecule has 3 aromatic rings. The smallest absolute Gasteiger partial charge is 0.352 e. The molecule has 4 heterocycles. The van der Waals surface area contributed by atoms with Gasteiger partial charge in [-0.2, -0.15) is 13.2 Å². The lowest BCUT2D eigenvalue weighted by Crippen LogP contribution is -2.61. The van der Waals surface area contributed by atoms with Crippen molar-refractivity contribution in [2.45, 2.75) is 50.9 Å². The predicted molar refractivity (Wildman–Crippen MR) is 117 cm³/mol. The largest absolute Gasteiger partial charge is 0.417 e. The molecule has 0 aromatic carbocycles. The number of nitrogens with zero attached hydrogens (tertiary/aromatic N) is 6. The molecule has 0 bridgehead atoms. The van der Waals surface area contributed by atoms with Gasteiger partial charge in [-0.3, -0.25) is 9.20 Å². The highest BCUT2D eigenvalue weighted by Gasteiger charge is 2.51. The van der Waals surface area contributed by atoms with Crippen LogP contribution in [0.4, 0.5) is 27.8 Å². The van der Waals surface area contributed by atoms with Crippen LogP contribution in [0.5, 0.6) is 0 Å². The minimum Gasteiger partial charge on any atom is -0.352 e. The van der Waals surface area contributed by atoms with Gasteiger partial charge in [-0.15, -0.1) is 0 Å². The molecule has 1 saturated heterocycles. The number of carbonyl (C=O) groups excluding carboxylic acids is 1. The molecular formula is C23H23F5N6O. The van der Waals surface area contributed by atoms with E-state index in [1.54, 1.807) is 11.0 Å². The lowest BCUT2D eigenvalue weighted by atomic mass is 9.79. The van der Waals surface area contributed by atoms with Gasteiger partial charge < -0.3 is 9.80 Å². The molecule has 35 heavy (non-hydrogen) atoms. The second kappa shape index (κ2) is 8.13. The molecule has 7 nitrogen and oxygen atoms in total. The van der Waals surface area contributed by atoms with Crippen molar-refractivity contribution in [3.8, 4) is 11.5 Å². The topological polar surface area (TPSA) is 66.6 Å². The van der Waals surface area contributed by atoms with E-state index in [1.165, 1.54) is 22.9 Å². The number of carbonyl (C=O) groups is 1. The van der Waals surface area contributed by atoms with Crippen molar-refractivity contribution in [1.29, 1.82) is 0 Å². The predicted octanol–water partition coefficient (Wildman–Crippen LogP) is 4.28. The summed E-state index contributed by atoms with van der Waals surface area (Å²) in [7, 11) is 0. The molecule has 0 spiro atoms. The first-order chi connectivity index (χ1) is 16.4. The van der Waals surface area contributed by atoms with Gasteiger partial charge in [0.15, 0.2) is 5.82 Å². The van der Waals surface area contributed by atoms with Crippen molar-refractivity contribution in [2.24, 2.45) is 5.92 Å². The fraction of sp³-hybridized carbons (Fsp3) is 0.478. The molecule has 1 aliphatic heterocycles. The number of imidazole rings is 1. The summed E-state index contributed by atoms with van der Waals surface area (Å²) in [4.78, 5) is 29.4. The van der Waals surface area contributed by atoms with Gasteiger partial charge in [0.1, 0.15) is 17.2 Å². The Hall–Kier alpha value is -3.31. The Labute approximate surface area is 197 Å². The zero-order chi connectivity index (χ0) is 25.1. The minimum absolute atomic E-state index is 0.213. The van der Waals surface area contributed by atoms with Gasteiger partial charge in [0.05, 0.1) is 11.8 Å². The number of pyridine rings is 1. The Morgan fingerprint density at radius 3 is 2.37 bits per heavy atom. The average molecular weight is 494 g/mol. The van der Waals surface area contributed by atoms with E-state index in [2.05, 4.69) is 15.0 Å². The van der Waals surface area contributed by atoms with E-state index in [9.17, 15) is 26.7 Å². The number of alkyl halides is 5. The first-order valence-corrected chi connectivity index (χ1v) is 11.3. The van der Waals surface area contributed by atoms with Gasteiger partial charge in [0.2, 0.25) is 11.8 Å². The molecule has 1 saturated carbocycles. The molecule has 1 amide bonds. The summed E-state index contributed by atoms with van der Waals surface area (Å²) in [6.45, 7) is 4.59. The van der Waals surface area contributed by atoms with Crippen LogP contribution in [0, 0.1) is 5.92 Å². The Kier molecular flexibility index (Phi) is 5.44. The van der Waals surface area contributed by atoms with Crippen molar-refractivity contribution in [3.63, 3.8) is 0 Å². The maximum absolute atomic E-state index is 13.3. The third-order valence-electron chi connectivity index (χ3n) is 6.64. The van der Waals surface area contributed by atoms with Gasteiger partial charge in [-0.1, -0.05) is 0 Å². The lowest BCUT2D eigenvalue weighted by Gasteiger charge is -2.47. The highest BCUT2D eigenvalue weighted by molar-refractivity contribution is 5.81. The van der Waals surface area contributed by atoms with E-state index < -0.39 is 36.4 Å². The standard InChI is InChI=1S/C23H23F5N6O/c1-13-10-32(11-14(2)34(13)21(35)15-7-22(24,25)8-15)19-5-6-29-20(31-19)17-9-30-18-4-3-16(12-33(17)18)23(26,27)28/h3-6,9,12-15H,7-8,10-11H2,1-2H3/t13-,14+. The molecular weight excluding hydrogens is 471 g/mol. The molecule has 3 aromatic heterocycles. The molecule has 12 heteroatoms. The van der Waals surface area contributed by atoms with Crippen LogP contribution in [-0.2, 0) is 11.0 Å². The molecule has 0 unspecified atom stereocenters. The molecule has 1 aliphatic carbocycles.